The van der Waals surface area contributed by atoms with E-state index >= 15 is 0 Å². The third-order valence-electron chi connectivity index (χ3n) is 3.05. The summed E-state index contributed by atoms with van der Waals surface area (Å²) in [5, 5.41) is 17.7. The van der Waals surface area contributed by atoms with Gasteiger partial charge < -0.3 is 9.84 Å². The molecule has 0 amide bonds. The van der Waals surface area contributed by atoms with Crippen LogP contribution in [0.1, 0.15) is 16.7 Å². The van der Waals surface area contributed by atoms with E-state index in [-0.39, 0.29) is 24.5 Å². The third kappa shape index (κ3) is 3.99. The number of benzene rings is 2. The van der Waals surface area contributed by atoms with Gasteiger partial charge in [-0.25, -0.2) is 4.39 Å². The maximum absolute atomic E-state index is 13.2. The summed E-state index contributed by atoms with van der Waals surface area (Å²) in [5.74, 6) is -0.544. The average molecular weight is 325 g/mol. The highest BCUT2D eigenvalue weighted by atomic mass is 19.4. The standard InChI is InChI=1S/C16H11F4NO2/c17-12-2-4-15(10(7-12)5-6-22)23-13-3-1-11(9-21)14(8-13)16(18,19)20/h1-4,7-8,22H,5-6H2. The number of rotatable bonds is 4. The molecule has 120 valence electrons. The lowest BCUT2D eigenvalue weighted by Crippen LogP contribution is -2.08. The van der Waals surface area contributed by atoms with Crippen molar-refractivity contribution in [1.29, 1.82) is 5.26 Å². The number of aliphatic hydroxyl groups excluding tert-OH is 1. The van der Waals surface area contributed by atoms with Crippen molar-refractivity contribution in [2.24, 2.45) is 0 Å². The molecule has 2 aromatic rings. The maximum atomic E-state index is 13.2. The third-order valence-corrected chi connectivity index (χ3v) is 3.05. The van der Waals surface area contributed by atoms with Gasteiger partial charge in [0, 0.05) is 6.61 Å². The lowest BCUT2D eigenvalue weighted by atomic mass is 10.1. The smallest absolute Gasteiger partial charge is 0.417 e. The topological polar surface area (TPSA) is 53.2 Å². The second-order valence-electron chi connectivity index (χ2n) is 4.64. The molecule has 0 aliphatic rings. The summed E-state index contributed by atoms with van der Waals surface area (Å²) >= 11 is 0. The largest absolute Gasteiger partial charge is 0.457 e. The molecule has 0 aliphatic carbocycles. The van der Waals surface area contributed by atoms with Gasteiger partial charge in [0.2, 0.25) is 0 Å². The predicted molar refractivity (Wildman–Crippen MR) is 73.4 cm³/mol. The number of nitriles is 1. The van der Waals surface area contributed by atoms with Gasteiger partial charge in [-0.05, 0) is 48.4 Å². The molecule has 0 aromatic heterocycles. The first kappa shape index (κ1) is 16.8. The Morgan fingerprint density at radius 3 is 2.48 bits per heavy atom. The summed E-state index contributed by atoms with van der Waals surface area (Å²) in [7, 11) is 0. The summed E-state index contributed by atoms with van der Waals surface area (Å²) in [4.78, 5) is 0. The highest BCUT2D eigenvalue weighted by Crippen LogP contribution is 2.36. The van der Waals surface area contributed by atoms with Gasteiger partial charge in [0.05, 0.1) is 17.2 Å². The molecule has 0 heterocycles. The Morgan fingerprint density at radius 1 is 1.13 bits per heavy atom. The fraction of sp³-hybridized carbons (Fsp3) is 0.188. The van der Waals surface area contributed by atoms with E-state index in [1.165, 1.54) is 18.2 Å². The molecule has 0 unspecified atom stereocenters. The maximum Gasteiger partial charge on any atom is 0.417 e. The van der Waals surface area contributed by atoms with Crippen molar-refractivity contribution in [3.8, 4) is 17.6 Å². The molecule has 0 spiro atoms. The van der Waals surface area contributed by atoms with E-state index in [4.69, 9.17) is 15.1 Å². The second-order valence-corrected chi connectivity index (χ2v) is 4.64. The van der Waals surface area contributed by atoms with Crippen LogP contribution in [-0.4, -0.2) is 11.7 Å². The molecule has 1 N–H and O–H groups in total. The van der Waals surface area contributed by atoms with Crippen molar-refractivity contribution < 1.29 is 27.4 Å². The molecule has 0 fully saturated rings. The van der Waals surface area contributed by atoms with Gasteiger partial charge in [-0.1, -0.05) is 0 Å². The zero-order valence-corrected chi connectivity index (χ0v) is 11.7. The van der Waals surface area contributed by atoms with E-state index in [0.29, 0.717) is 11.6 Å². The number of hydrogen-bond donors (Lipinski definition) is 1. The van der Waals surface area contributed by atoms with Crippen LogP contribution in [0.25, 0.3) is 0 Å². The second kappa shape index (κ2) is 6.67. The zero-order valence-electron chi connectivity index (χ0n) is 11.7. The number of aliphatic hydroxyl groups is 1. The number of ether oxygens (including phenoxy) is 1. The molecular weight excluding hydrogens is 314 g/mol. The quantitative estimate of drug-likeness (QED) is 0.863. The fourth-order valence-electron chi connectivity index (χ4n) is 2.01. The van der Waals surface area contributed by atoms with E-state index in [9.17, 15) is 17.6 Å². The number of alkyl halides is 3. The van der Waals surface area contributed by atoms with Crippen molar-refractivity contribution in [3.05, 3.63) is 58.9 Å². The molecule has 0 aliphatic heterocycles. The minimum absolute atomic E-state index is 0.0928. The molecule has 0 atom stereocenters. The average Bonchev–Trinajstić information content (AvgIpc) is 2.49. The van der Waals surface area contributed by atoms with Crippen LogP contribution in [0.3, 0.4) is 0 Å². The molecule has 2 rings (SSSR count). The molecule has 0 saturated carbocycles. The summed E-state index contributed by atoms with van der Waals surface area (Å²) in [5.41, 5.74) is -1.30. The van der Waals surface area contributed by atoms with Crippen molar-refractivity contribution in [2.45, 2.75) is 12.6 Å². The van der Waals surface area contributed by atoms with Crippen molar-refractivity contribution >= 4 is 0 Å². The minimum Gasteiger partial charge on any atom is -0.457 e. The van der Waals surface area contributed by atoms with Crippen molar-refractivity contribution in [3.63, 3.8) is 0 Å². The molecule has 23 heavy (non-hydrogen) atoms. The van der Waals surface area contributed by atoms with Gasteiger partial charge in [0.25, 0.3) is 0 Å². The van der Waals surface area contributed by atoms with Crippen LogP contribution >= 0.6 is 0 Å². The Labute approximate surface area is 129 Å². The fourth-order valence-corrected chi connectivity index (χ4v) is 2.01. The molecule has 0 saturated heterocycles. The number of halogens is 4. The van der Waals surface area contributed by atoms with Gasteiger partial charge in [0.15, 0.2) is 0 Å². The highest BCUT2D eigenvalue weighted by Gasteiger charge is 2.34. The summed E-state index contributed by atoms with van der Waals surface area (Å²) < 4.78 is 57.3. The van der Waals surface area contributed by atoms with Gasteiger partial charge in [-0.2, -0.15) is 18.4 Å². The summed E-state index contributed by atoms with van der Waals surface area (Å²) in [6.45, 7) is -0.263. The Bertz CT molecular complexity index is 751. The van der Waals surface area contributed by atoms with Gasteiger partial charge in [-0.3, -0.25) is 0 Å². The Hall–Kier alpha value is -2.59. The van der Waals surface area contributed by atoms with Crippen LogP contribution in [-0.2, 0) is 12.6 Å². The molecule has 3 nitrogen and oxygen atoms in total. The predicted octanol–water partition coefficient (Wildman–Crippen LogP) is 4.04. The molecule has 0 radical (unpaired) electrons. The van der Waals surface area contributed by atoms with Crippen LogP contribution < -0.4 is 4.74 Å². The highest BCUT2D eigenvalue weighted by molar-refractivity contribution is 5.46. The van der Waals surface area contributed by atoms with Gasteiger partial charge >= 0.3 is 6.18 Å². The van der Waals surface area contributed by atoms with E-state index in [2.05, 4.69) is 0 Å². The van der Waals surface area contributed by atoms with Crippen molar-refractivity contribution in [1.82, 2.24) is 0 Å². The zero-order chi connectivity index (χ0) is 17.0. The normalized spacial score (nSPS) is 11.1. The summed E-state index contributed by atoms with van der Waals surface area (Å²) in [6, 6.07) is 7.93. The first-order chi connectivity index (χ1) is 10.8. The van der Waals surface area contributed by atoms with E-state index in [0.717, 1.165) is 18.2 Å². The van der Waals surface area contributed by atoms with Gasteiger partial charge in [-0.15, -0.1) is 0 Å². The van der Waals surface area contributed by atoms with Crippen LogP contribution in [0.5, 0.6) is 11.5 Å². The lowest BCUT2D eigenvalue weighted by molar-refractivity contribution is -0.137. The number of nitrogens with zero attached hydrogens (tertiary/aromatic N) is 1. The van der Waals surface area contributed by atoms with E-state index in [1.54, 1.807) is 0 Å². The monoisotopic (exact) mass is 325 g/mol. The first-order valence-corrected chi connectivity index (χ1v) is 6.53. The summed E-state index contributed by atoms with van der Waals surface area (Å²) in [6.07, 6.45) is -4.60. The molecule has 0 bridgehead atoms. The Morgan fingerprint density at radius 2 is 1.87 bits per heavy atom. The van der Waals surface area contributed by atoms with Crippen LogP contribution in [0, 0.1) is 17.1 Å². The first-order valence-electron chi connectivity index (χ1n) is 6.53. The molecule has 2 aromatic carbocycles. The van der Waals surface area contributed by atoms with Crippen LogP contribution in [0.2, 0.25) is 0 Å². The molecule has 7 heteroatoms. The van der Waals surface area contributed by atoms with E-state index in [1.807, 2.05) is 0 Å². The van der Waals surface area contributed by atoms with Gasteiger partial charge in [0.1, 0.15) is 17.3 Å². The van der Waals surface area contributed by atoms with Crippen LogP contribution in [0.15, 0.2) is 36.4 Å². The number of hydrogen-bond acceptors (Lipinski definition) is 3. The SMILES string of the molecule is N#Cc1ccc(Oc2ccc(F)cc2CCO)cc1C(F)(F)F. The van der Waals surface area contributed by atoms with Crippen molar-refractivity contribution in [2.75, 3.05) is 6.61 Å². The Balaban J connectivity index is 2.40. The minimum atomic E-state index is -4.69. The lowest BCUT2D eigenvalue weighted by Gasteiger charge is -2.13. The Kier molecular flexibility index (Phi) is 4.86. The molecular formula is C16H11F4NO2. The van der Waals surface area contributed by atoms with E-state index < -0.39 is 23.1 Å². The van der Waals surface area contributed by atoms with Crippen LogP contribution in [0.4, 0.5) is 17.6 Å².